The van der Waals surface area contributed by atoms with E-state index in [-0.39, 0.29) is 43.0 Å². The number of rotatable bonds is 5. The molecule has 0 amide bonds. The van der Waals surface area contributed by atoms with Crippen LogP contribution in [0.5, 0.6) is 0 Å². The van der Waals surface area contributed by atoms with Crippen molar-refractivity contribution in [1.82, 2.24) is 0 Å². The zero-order valence-corrected chi connectivity index (χ0v) is 10.8. The van der Waals surface area contributed by atoms with Crippen LogP contribution in [0.2, 0.25) is 0 Å². The molecule has 0 rings (SSSR count). The van der Waals surface area contributed by atoms with Crippen LogP contribution in [0.25, 0.3) is 0 Å². The predicted molar refractivity (Wildman–Crippen MR) is 51.6 cm³/mol. The first-order valence-corrected chi connectivity index (χ1v) is 4.50. The van der Waals surface area contributed by atoms with Crippen molar-refractivity contribution in [3.8, 4) is 0 Å². The molecule has 0 aromatic rings. The summed E-state index contributed by atoms with van der Waals surface area (Å²) in [4.78, 5) is 11.2. The molecule has 0 radical (unpaired) electrons. The zero-order valence-electron chi connectivity index (χ0n) is 9.06. The number of aliphatic hydroxyl groups is 1. The van der Waals surface area contributed by atoms with E-state index in [1.165, 1.54) is 13.2 Å². The summed E-state index contributed by atoms with van der Waals surface area (Å²) in [5, 5.41) is 9.44. The minimum atomic E-state index is -0.359. The van der Waals surface area contributed by atoms with Crippen LogP contribution in [-0.4, -0.2) is 24.1 Å². The van der Waals surface area contributed by atoms with Crippen LogP contribution in [-0.2, 0) is 29.0 Å². The van der Waals surface area contributed by atoms with E-state index < -0.39 is 0 Å². The van der Waals surface area contributed by atoms with E-state index in [1.807, 2.05) is 6.92 Å². The van der Waals surface area contributed by atoms with Crippen molar-refractivity contribution in [2.45, 2.75) is 33.3 Å². The smallest absolute Gasteiger partial charge is 0.161 e. The van der Waals surface area contributed by atoms with Gasteiger partial charge in [-0.3, -0.25) is 4.79 Å². The van der Waals surface area contributed by atoms with E-state index >= 15 is 0 Å². The van der Waals surface area contributed by atoms with Crippen LogP contribution in [0.3, 0.4) is 0 Å². The normalized spacial score (nSPS) is 13.6. The van der Waals surface area contributed by atoms with Crippen LogP contribution in [0.4, 0.5) is 0 Å². The third-order valence-corrected chi connectivity index (χ3v) is 1.84. The number of hydrogen-bond acceptors (Lipinski definition) is 3. The Morgan fingerprint density at radius 3 is 2.29 bits per heavy atom. The van der Waals surface area contributed by atoms with E-state index in [1.54, 1.807) is 13.8 Å². The Balaban J connectivity index is 0. The average Bonchev–Trinajstić information content (AvgIpc) is 2.06. The van der Waals surface area contributed by atoms with Gasteiger partial charge in [-0.25, -0.2) is 0 Å². The summed E-state index contributed by atoms with van der Waals surface area (Å²) in [5.41, 5.74) is 0. The number of methoxy groups -OCH3 is 1. The molecule has 0 fully saturated rings. The van der Waals surface area contributed by atoms with Gasteiger partial charge >= 0.3 is 0 Å². The van der Waals surface area contributed by atoms with Gasteiger partial charge in [0.15, 0.2) is 5.78 Å². The first-order valence-electron chi connectivity index (χ1n) is 4.50. The SMILES string of the molecule is CCC(OC)/C(O)=C/C(=O)C(C)C.[Ru]. The Kier molecular flexibility index (Phi) is 9.43. The molecule has 1 unspecified atom stereocenters. The summed E-state index contributed by atoms with van der Waals surface area (Å²) in [6.45, 7) is 5.47. The van der Waals surface area contributed by atoms with Gasteiger partial charge < -0.3 is 9.84 Å². The first kappa shape index (κ1) is 16.2. The van der Waals surface area contributed by atoms with Gasteiger partial charge in [0.05, 0.1) is 0 Å². The maximum absolute atomic E-state index is 11.2. The minimum Gasteiger partial charge on any atom is -0.509 e. The molecular formula is C10H18O3Ru. The fourth-order valence-corrected chi connectivity index (χ4v) is 0.902. The van der Waals surface area contributed by atoms with Gasteiger partial charge in [-0.05, 0) is 6.42 Å². The topological polar surface area (TPSA) is 46.5 Å². The van der Waals surface area contributed by atoms with Crippen LogP contribution in [0, 0.1) is 5.92 Å². The molecule has 0 saturated heterocycles. The monoisotopic (exact) mass is 288 g/mol. The summed E-state index contributed by atoms with van der Waals surface area (Å²) in [6, 6.07) is 0. The van der Waals surface area contributed by atoms with Crippen LogP contribution >= 0.6 is 0 Å². The zero-order chi connectivity index (χ0) is 10.4. The molecule has 0 saturated carbocycles. The molecule has 0 heterocycles. The number of hydrogen-bond donors (Lipinski definition) is 1. The van der Waals surface area contributed by atoms with Gasteiger partial charge in [0.25, 0.3) is 0 Å². The quantitative estimate of drug-likeness (QED) is 0.478. The number of allylic oxidation sites excluding steroid dienone is 1. The predicted octanol–water partition coefficient (Wildman–Crippen LogP) is 2.08. The minimum absolute atomic E-state index is 0. The summed E-state index contributed by atoms with van der Waals surface area (Å²) in [5.74, 6) is -0.145. The Morgan fingerprint density at radius 2 is 2.00 bits per heavy atom. The fourth-order valence-electron chi connectivity index (χ4n) is 0.902. The molecule has 3 nitrogen and oxygen atoms in total. The molecule has 0 aliphatic heterocycles. The third kappa shape index (κ3) is 5.51. The number of ketones is 1. The largest absolute Gasteiger partial charge is 0.509 e. The van der Waals surface area contributed by atoms with Crippen molar-refractivity contribution in [2.24, 2.45) is 5.92 Å². The summed E-state index contributed by atoms with van der Waals surface area (Å²) in [6.07, 6.45) is 1.55. The molecule has 0 bridgehead atoms. The van der Waals surface area contributed by atoms with E-state index in [9.17, 15) is 9.90 Å². The molecule has 0 aliphatic carbocycles. The van der Waals surface area contributed by atoms with E-state index in [0.29, 0.717) is 6.42 Å². The molecule has 1 atom stereocenters. The molecule has 4 heteroatoms. The van der Waals surface area contributed by atoms with Crippen LogP contribution < -0.4 is 0 Å². The van der Waals surface area contributed by atoms with Gasteiger partial charge in [0.1, 0.15) is 11.9 Å². The van der Waals surface area contributed by atoms with Crippen molar-refractivity contribution in [3.63, 3.8) is 0 Å². The second-order valence-corrected chi connectivity index (χ2v) is 3.26. The third-order valence-electron chi connectivity index (χ3n) is 1.84. The van der Waals surface area contributed by atoms with E-state index in [4.69, 9.17) is 4.74 Å². The maximum Gasteiger partial charge on any atom is 0.161 e. The summed E-state index contributed by atoms with van der Waals surface area (Å²) >= 11 is 0. The van der Waals surface area contributed by atoms with E-state index in [0.717, 1.165) is 0 Å². The summed E-state index contributed by atoms with van der Waals surface area (Å²) in [7, 11) is 1.51. The van der Waals surface area contributed by atoms with Crippen LogP contribution in [0.15, 0.2) is 11.8 Å². The second kappa shape index (κ2) is 8.13. The van der Waals surface area contributed by atoms with Crippen molar-refractivity contribution in [1.29, 1.82) is 0 Å². The number of carbonyl (C=O) groups is 1. The van der Waals surface area contributed by atoms with Gasteiger partial charge in [-0.1, -0.05) is 20.8 Å². The van der Waals surface area contributed by atoms with Gasteiger partial charge in [0.2, 0.25) is 0 Å². The first-order chi connectivity index (χ1) is 6.02. The van der Waals surface area contributed by atoms with Crippen molar-refractivity contribution >= 4 is 5.78 Å². The Labute approximate surface area is 98.3 Å². The standard InChI is InChI=1S/C10H18O3.Ru/c1-5-10(13-4)9(12)6-8(11)7(2)3;/h6-7,10,12H,5H2,1-4H3;/b9-6-;. The molecule has 0 spiro atoms. The maximum atomic E-state index is 11.2. The van der Waals surface area contributed by atoms with Gasteiger partial charge in [-0.15, -0.1) is 0 Å². The molecule has 0 aliphatic rings. The number of aliphatic hydroxyl groups excluding tert-OH is 1. The van der Waals surface area contributed by atoms with Gasteiger partial charge in [-0.2, -0.15) is 0 Å². The number of ether oxygens (including phenoxy) is 1. The van der Waals surface area contributed by atoms with E-state index in [2.05, 4.69) is 0 Å². The molecule has 14 heavy (non-hydrogen) atoms. The Bertz CT molecular complexity index is 196. The van der Waals surface area contributed by atoms with Gasteiger partial charge in [0, 0.05) is 38.6 Å². The molecule has 84 valence electrons. The Morgan fingerprint density at radius 1 is 1.50 bits per heavy atom. The number of carbonyl (C=O) groups excluding carboxylic acids is 1. The van der Waals surface area contributed by atoms with Crippen molar-refractivity contribution < 1.29 is 34.1 Å². The molecule has 1 N–H and O–H groups in total. The second-order valence-electron chi connectivity index (χ2n) is 3.26. The van der Waals surface area contributed by atoms with Crippen molar-refractivity contribution in [3.05, 3.63) is 11.8 Å². The molecule has 0 aromatic heterocycles. The van der Waals surface area contributed by atoms with Crippen molar-refractivity contribution in [2.75, 3.05) is 7.11 Å². The summed E-state index contributed by atoms with van der Waals surface area (Å²) < 4.78 is 4.97. The molecule has 0 aromatic carbocycles. The molecular weight excluding hydrogens is 269 g/mol. The van der Waals surface area contributed by atoms with Crippen LogP contribution in [0.1, 0.15) is 27.2 Å². The fraction of sp³-hybridized carbons (Fsp3) is 0.700. The Hall–Kier alpha value is -0.207. The average molecular weight is 287 g/mol.